The van der Waals surface area contributed by atoms with Gasteiger partial charge in [-0.05, 0) is 13.3 Å². The number of oxime groups is 1. The Morgan fingerprint density at radius 3 is 2.71 bits per heavy atom. The Morgan fingerprint density at radius 1 is 1.29 bits per heavy atom. The minimum atomic E-state index is -0.152. The van der Waals surface area contributed by atoms with Crippen LogP contribution in [0.3, 0.4) is 0 Å². The standard InChI is InChI=1S/C19H27N7O2/c1-12-13(24-28-23-12)7-26-11-20-14-15(21-17(18(2,3)4)22-16(14)26)25-6-5-19(8-25)9-27-10-19/h11,13,24H,5-10H2,1-4H3. The zero-order valence-electron chi connectivity index (χ0n) is 16.9. The first-order chi connectivity index (χ1) is 13.3. The van der Waals surface area contributed by atoms with Gasteiger partial charge in [-0.3, -0.25) is 4.94 Å². The van der Waals surface area contributed by atoms with Crippen molar-refractivity contribution in [1.82, 2.24) is 25.0 Å². The Kier molecular flexibility index (Phi) is 3.89. The summed E-state index contributed by atoms with van der Waals surface area (Å²) in [4.78, 5) is 21.9. The zero-order chi connectivity index (χ0) is 19.5. The molecule has 3 aliphatic heterocycles. The molecule has 2 fully saturated rings. The molecule has 2 aromatic heterocycles. The van der Waals surface area contributed by atoms with Gasteiger partial charge in [0.25, 0.3) is 0 Å². The van der Waals surface area contributed by atoms with E-state index in [-0.39, 0.29) is 11.5 Å². The molecule has 0 aromatic carbocycles. The van der Waals surface area contributed by atoms with Crippen LogP contribution in [0, 0.1) is 5.41 Å². The van der Waals surface area contributed by atoms with Gasteiger partial charge >= 0.3 is 0 Å². The fraction of sp³-hybridized carbons (Fsp3) is 0.684. The first-order valence-corrected chi connectivity index (χ1v) is 9.87. The molecule has 0 aliphatic carbocycles. The van der Waals surface area contributed by atoms with Gasteiger partial charge < -0.3 is 14.2 Å². The molecule has 2 aromatic rings. The number of aromatic nitrogens is 4. The Bertz CT molecular complexity index is 942. The predicted octanol–water partition coefficient (Wildman–Crippen LogP) is 1.63. The monoisotopic (exact) mass is 385 g/mol. The summed E-state index contributed by atoms with van der Waals surface area (Å²) in [5.41, 5.74) is 5.71. The van der Waals surface area contributed by atoms with Crippen LogP contribution in [0.4, 0.5) is 5.82 Å². The van der Waals surface area contributed by atoms with E-state index in [9.17, 15) is 0 Å². The highest BCUT2D eigenvalue weighted by Crippen LogP contribution is 2.40. The third kappa shape index (κ3) is 2.84. The lowest BCUT2D eigenvalue weighted by Gasteiger charge is -2.37. The van der Waals surface area contributed by atoms with Gasteiger partial charge in [-0.25, -0.2) is 15.0 Å². The van der Waals surface area contributed by atoms with Crippen LogP contribution in [0.1, 0.15) is 39.9 Å². The van der Waals surface area contributed by atoms with E-state index in [0.29, 0.717) is 12.0 Å². The van der Waals surface area contributed by atoms with Crippen LogP contribution >= 0.6 is 0 Å². The lowest BCUT2D eigenvalue weighted by molar-refractivity contribution is -0.0985. The molecule has 5 heterocycles. The van der Waals surface area contributed by atoms with E-state index >= 15 is 0 Å². The van der Waals surface area contributed by atoms with Crippen molar-refractivity contribution in [1.29, 1.82) is 0 Å². The number of anilines is 1. The number of hydrogen-bond donors (Lipinski definition) is 1. The SMILES string of the molecule is CC1=NONC1Cn1cnc2c(N3CCC4(COC4)C3)nc(C(C)(C)C)nc21. The number of nitrogens with one attached hydrogen (secondary N) is 1. The summed E-state index contributed by atoms with van der Waals surface area (Å²) in [6.07, 6.45) is 2.99. The Hall–Kier alpha value is -2.26. The number of nitrogens with zero attached hydrogens (tertiary/aromatic N) is 6. The number of ether oxygens (including phenoxy) is 1. The van der Waals surface area contributed by atoms with Crippen molar-refractivity contribution in [3.63, 3.8) is 0 Å². The first-order valence-electron chi connectivity index (χ1n) is 9.87. The summed E-state index contributed by atoms with van der Waals surface area (Å²) in [5, 5.41) is 3.97. The van der Waals surface area contributed by atoms with Crippen LogP contribution in [0.15, 0.2) is 11.5 Å². The van der Waals surface area contributed by atoms with E-state index < -0.39 is 0 Å². The molecule has 150 valence electrons. The van der Waals surface area contributed by atoms with Crippen molar-refractivity contribution in [3.05, 3.63) is 12.2 Å². The van der Waals surface area contributed by atoms with Gasteiger partial charge in [-0.1, -0.05) is 25.9 Å². The Balaban J connectivity index is 1.56. The maximum Gasteiger partial charge on any atom is 0.165 e. The quantitative estimate of drug-likeness (QED) is 0.859. The van der Waals surface area contributed by atoms with Gasteiger partial charge in [-0.2, -0.15) is 0 Å². The second-order valence-electron chi connectivity index (χ2n) is 9.35. The summed E-state index contributed by atoms with van der Waals surface area (Å²) in [6, 6.07) is 0.0103. The topological polar surface area (TPSA) is 89.7 Å². The van der Waals surface area contributed by atoms with Crippen LogP contribution in [-0.2, 0) is 21.6 Å². The molecule has 1 N–H and O–H groups in total. The van der Waals surface area contributed by atoms with E-state index in [1.807, 2.05) is 13.3 Å². The van der Waals surface area contributed by atoms with Gasteiger partial charge in [0.1, 0.15) is 11.9 Å². The van der Waals surface area contributed by atoms with Crippen molar-refractivity contribution in [3.8, 4) is 0 Å². The van der Waals surface area contributed by atoms with E-state index in [1.165, 1.54) is 0 Å². The minimum Gasteiger partial charge on any atom is -0.380 e. The summed E-state index contributed by atoms with van der Waals surface area (Å²) in [7, 11) is 0. The van der Waals surface area contributed by atoms with Crippen LogP contribution in [-0.4, -0.2) is 57.6 Å². The smallest absolute Gasteiger partial charge is 0.165 e. The van der Waals surface area contributed by atoms with Gasteiger partial charge in [0.15, 0.2) is 17.0 Å². The summed E-state index contributed by atoms with van der Waals surface area (Å²) < 4.78 is 7.56. The molecule has 0 radical (unpaired) electrons. The lowest BCUT2D eigenvalue weighted by atomic mass is 9.85. The molecule has 9 nitrogen and oxygen atoms in total. The fourth-order valence-corrected chi connectivity index (χ4v) is 4.04. The number of hydrogen-bond acceptors (Lipinski definition) is 8. The molecule has 0 amide bonds. The number of hydroxylamine groups is 1. The van der Waals surface area contributed by atoms with E-state index in [0.717, 1.165) is 61.2 Å². The van der Waals surface area contributed by atoms with Gasteiger partial charge in [0.2, 0.25) is 0 Å². The van der Waals surface area contributed by atoms with Gasteiger partial charge in [-0.15, -0.1) is 5.48 Å². The third-order valence-electron chi connectivity index (χ3n) is 5.94. The summed E-state index contributed by atoms with van der Waals surface area (Å²) >= 11 is 0. The third-order valence-corrected chi connectivity index (χ3v) is 5.94. The Morgan fingerprint density at radius 2 is 2.11 bits per heavy atom. The molecule has 0 bridgehead atoms. The molecule has 1 spiro atoms. The van der Waals surface area contributed by atoms with Crippen molar-refractivity contribution in [2.75, 3.05) is 31.2 Å². The largest absolute Gasteiger partial charge is 0.380 e. The number of imidazole rings is 1. The zero-order valence-corrected chi connectivity index (χ0v) is 16.9. The fourth-order valence-electron chi connectivity index (χ4n) is 4.04. The highest BCUT2D eigenvalue weighted by atomic mass is 16.8. The van der Waals surface area contributed by atoms with Crippen molar-refractivity contribution < 1.29 is 9.68 Å². The molecule has 2 saturated heterocycles. The minimum absolute atomic E-state index is 0.0103. The molecule has 5 rings (SSSR count). The number of rotatable bonds is 3. The maximum atomic E-state index is 5.49. The predicted molar refractivity (Wildman–Crippen MR) is 105 cm³/mol. The average Bonchev–Trinajstić information content (AvgIpc) is 3.33. The first kappa shape index (κ1) is 17.8. The highest BCUT2D eigenvalue weighted by Gasteiger charge is 2.45. The molecule has 9 heteroatoms. The van der Waals surface area contributed by atoms with Crippen LogP contribution in [0.5, 0.6) is 0 Å². The van der Waals surface area contributed by atoms with E-state index in [2.05, 4.69) is 40.9 Å². The normalized spacial score (nSPS) is 23.9. The summed E-state index contributed by atoms with van der Waals surface area (Å²) in [6.45, 7) is 12.7. The maximum absolute atomic E-state index is 5.49. The van der Waals surface area contributed by atoms with Gasteiger partial charge in [0.05, 0.1) is 25.3 Å². The van der Waals surface area contributed by atoms with Crippen molar-refractivity contribution in [2.24, 2.45) is 10.6 Å². The summed E-state index contributed by atoms with van der Waals surface area (Å²) in [5.74, 6) is 1.78. The molecular weight excluding hydrogens is 358 g/mol. The van der Waals surface area contributed by atoms with Crippen LogP contribution in [0.2, 0.25) is 0 Å². The highest BCUT2D eigenvalue weighted by molar-refractivity contribution is 5.88. The lowest BCUT2D eigenvalue weighted by Crippen LogP contribution is -2.44. The van der Waals surface area contributed by atoms with E-state index in [1.54, 1.807) is 0 Å². The van der Waals surface area contributed by atoms with Gasteiger partial charge in [0, 0.05) is 30.5 Å². The molecule has 1 unspecified atom stereocenters. The van der Waals surface area contributed by atoms with Crippen molar-refractivity contribution in [2.45, 2.75) is 52.1 Å². The Labute approximate surface area is 164 Å². The van der Waals surface area contributed by atoms with E-state index in [4.69, 9.17) is 24.6 Å². The molecular formula is C19H27N7O2. The number of fused-ring (bicyclic) bond motifs is 1. The van der Waals surface area contributed by atoms with Crippen LogP contribution in [0.25, 0.3) is 11.2 Å². The molecule has 3 aliphatic rings. The second kappa shape index (κ2) is 6.12. The molecule has 1 atom stereocenters. The second-order valence-corrected chi connectivity index (χ2v) is 9.35. The average molecular weight is 385 g/mol. The molecule has 28 heavy (non-hydrogen) atoms. The molecule has 0 saturated carbocycles. The van der Waals surface area contributed by atoms with Crippen molar-refractivity contribution >= 4 is 22.7 Å². The van der Waals surface area contributed by atoms with Crippen LogP contribution < -0.4 is 10.4 Å².